The molecule has 1 unspecified atom stereocenters. The second kappa shape index (κ2) is 10.8. The van der Waals surface area contributed by atoms with Crippen molar-refractivity contribution in [3.05, 3.63) is 48.6 Å². The standard InChI is InChI=1S/C17H26O2/c1-2-3-4-5-6-7-11-14-17(18)19-15-16-12-9-8-10-13-16/h2,8-10,12-13,17-18H,1,3-7,11,14-15H2. The summed E-state index contributed by atoms with van der Waals surface area (Å²) in [5.74, 6) is 0. The number of hydrogen-bond donors (Lipinski definition) is 1. The van der Waals surface area contributed by atoms with Crippen LogP contribution in [0.1, 0.15) is 50.5 Å². The molecule has 2 nitrogen and oxygen atoms in total. The zero-order valence-corrected chi connectivity index (χ0v) is 11.8. The van der Waals surface area contributed by atoms with Crippen LogP contribution in [0.2, 0.25) is 0 Å². The Labute approximate surface area is 117 Å². The number of aliphatic hydroxyl groups excluding tert-OH is 1. The van der Waals surface area contributed by atoms with E-state index in [1.54, 1.807) is 0 Å². The molecule has 1 rings (SSSR count). The van der Waals surface area contributed by atoms with Crippen molar-refractivity contribution >= 4 is 0 Å². The highest BCUT2D eigenvalue weighted by atomic mass is 16.6. The summed E-state index contributed by atoms with van der Waals surface area (Å²) >= 11 is 0. The van der Waals surface area contributed by atoms with Crippen LogP contribution in [-0.4, -0.2) is 11.4 Å². The molecule has 0 saturated carbocycles. The molecule has 0 fully saturated rings. The smallest absolute Gasteiger partial charge is 0.154 e. The molecule has 2 heteroatoms. The Bertz CT molecular complexity index is 321. The number of rotatable bonds is 11. The summed E-state index contributed by atoms with van der Waals surface area (Å²) in [6.07, 6.45) is 9.11. The van der Waals surface area contributed by atoms with Crippen LogP contribution in [0.4, 0.5) is 0 Å². The molecule has 0 aliphatic rings. The van der Waals surface area contributed by atoms with Crippen LogP contribution in [0.3, 0.4) is 0 Å². The molecular weight excluding hydrogens is 236 g/mol. The van der Waals surface area contributed by atoms with Gasteiger partial charge in [0.2, 0.25) is 0 Å². The summed E-state index contributed by atoms with van der Waals surface area (Å²) in [5.41, 5.74) is 1.10. The van der Waals surface area contributed by atoms with Gasteiger partial charge < -0.3 is 9.84 Å². The first-order valence-corrected chi connectivity index (χ1v) is 7.27. The van der Waals surface area contributed by atoms with Gasteiger partial charge in [-0.05, 0) is 31.2 Å². The molecule has 1 aromatic rings. The van der Waals surface area contributed by atoms with Crippen molar-refractivity contribution in [1.82, 2.24) is 0 Å². The summed E-state index contributed by atoms with van der Waals surface area (Å²) in [6, 6.07) is 9.95. The second-order valence-electron chi connectivity index (χ2n) is 4.89. The number of ether oxygens (including phenoxy) is 1. The van der Waals surface area contributed by atoms with Crippen LogP contribution in [-0.2, 0) is 11.3 Å². The zero-order chi connectivity index (χ0) is 13.8. The largest absolute Gasteiger partial charge is 0.368 e. The van der Waals surface area contributed by atoms with E-state index in [2.05, 4.69) is 6.58 Å². The molecule has 0 aliphatic carbocycles. The topological polar surface area (TPSA) is 29.5 Å². The predicted molar refractivity (Wildman–Crippen MR) is 79.8 cm³/mol. The molecule has 19 heavy (non-hydrogen) atoms. The van der Waals surface area contributed by atoms with Crippen molar-refractivity contribution in [3.63, 3.8) is 0 Å². The van der Waals surface area contributed by atoms with E-state index in [1.165, 1.54) is 25.7 Å². The Morgan fingerprint density at radius 1 is 1.05 bits per heavy atom. The van der Waals surface area contributed by atoms with Gasteiger partial charge in [-0.1, -0.05) is 55.7 Å². The van der Waals surface area contributed by atoms with Gasteiger partial charge in [0.25, 0.3) is 0 Å². The van der Waals surface area contributed by atoms with E-state index < -0.39 is 6.29 Å². The van der Waals surface area contributed by atoms with Gasteiger partial charge >= 0.3 is 0 Å². The molecule has 0 spiro atoms. The predicted octanol–water partition coefficient (Wildman–Crippen LogP) is 4.44. The third-order valence-electron chi connectivity index (χ3n) is 3.14. The first-order chi connectivity index (χ1) is 9.33. The lowest BCUT2D eigenvalue weighted by atomic mass is 10.1. The second-order valence-corrected chi connectivity index (χ2v) is 4.89. The Kier molecular flexibility index (Phi) is 9.03. The number of hydrogen-bond acceptors (Lipinski definition) is 2. The van der Waals surface area contributed by atoms with Crippen molar-refractivity contribution < 1.29 is 9.84 Å². The van der Waals surface area contributed by atoms with Crippen LogP contribution in [0.15, 0.2) is 43.0 Å². The maximum Gasteiger partial charge on any atom is 0.154 e. The molecule has 1 aromatic carbocycles. The van der Waals surface area contributed by atoms with Gasteiger partial charge in [0.05, 0.1) is 6.61 Å². The lowest BCUT2D eigenvalue weighted by molar-refractivity contribution is -0.112. The minimum atomic E-state index is -0.631. The Morgan fingerprint density at radius 2 is 1.74 bits per heavy atom. The lowest BCUT2D eigenvalue weighted by Gasteiger charge is -2.11. The average Bonchev–Trinajstić information content (AvgIpc) is 2.45. The highest BCUT2D eigenvalue weighted by Gasteiger charge is 2.04. The van der Waals surface area contributed by atoms with Crippen LogP contribution in [0.5, 0.6) is 0 Å². The van der Waals surface area contributed by atoms with Crippen molar-refractivity contribution in [1.29, 1.82) is 0 Å². The Morgan fingerprint density at radius 3 is 2.47 bits per heavy atom. The normalized spacial score (nSPS) is 12.3. The number of aliphatic hydroxyl groups is 1. The molecule has 1 atom stereocenters. The monoisotopic (exact) mass is 262 g/mol. The van der Waals surface area contributed by atoms with Crippen molar-refractivity contribution in [2.45, 2.75) is 57.8 Å². The zero-order valence-electron chi connectivity index (χ0n) is 11.8. The summed E-state index contributed by atoms with van der Waals surface area (Å²) in [7, 11) is 0. The number of unbranched alkanes of at least 4 members (excludes halogenated alkanes) is 5. The van der Waals surface area contributed by atoms with Crippen LogP contribution < -0.4 is 0 Å². The number of benzene rings is 1. The molecule has 1 N–H and O–H groups in total. The molecule has 0 aliphatic heterocycles. The first-order valence-electron chi connectivity index (χ1n) is 7.27. The lowest BCUT2D eigenvalue weighted by Crippen LogP contribution is -2.11. The van der Waals surface area contributed by atoms with Gasteiger partial charge in [0, 0.05) is 0 Å². The molecular formula is C17H26O2. The van der Waals surface area contributed by atoms with Crippen LogP contribution >= 0.6 is 0 Å². The van der Waals surface area contributed by atoms with Crippen molar-refractivity contribution in [3.8, 4) is 0 Å². The maximum absolute atomic E-state index is 9.72. The van der Waals surface area contributed by atoms with Gasteiger partial charge in [-0.2, -0.15) is 0 Å². The highest BCUT2D eigenvalue weighted by Crippen LogP contribution is 2.11. The van der Waals surface area contributed by atoms with Crippen LogP contribution in [0, 0.1) is 0 Å². The fourth-order valence-electron chi connectivity index (χ4n) is 1.99. The minimum absolute atomic E-state index is 0.487. The third-order valence-corrected chi connectivity index (χ3v) is 3.14. The molecule has 0 heterocycles. The van der Waals surface area contributed by atoms with Gasteiger partial charge in [-0.25, -0.2) is 0 Å². The van der Waals surface area contributed by atoms with E-state index in [1.807, 2.05) is 36.4 Å². The van der Waals surface area contributed by atoms with E-state index in [9.17, 15) is 5.11 Å². The molecule has 106 valence electrons. The Hall–Kier alpha value is -1.12. The van der Waals surface area contributed by atoms with Gasteiger partial charge in [-0.3, -0.25) is 0 Å². The molecule has 0 amide bonds. The SMILES string of the molecule is C=CCCCCCCCC(O)OCc1ccccc1. The minimum Gasteiger partial charge on any atom is -0.368 e. The third kappa shape index (κ3) is 8.57. The van der Waals surface area contributed by atoms with E-state index in [4.69, 9.17) is 4.74 Å². The van der Waals surface area contributed by atoms with E-state index >= 15 is 0 Å². The van der Waals surface area contributed by atoms with Gasteiger partial charge in [-0.15, -0.1) is 6.58 Å². The van der Waals surface area contributed by atoms with E-state index in [-0.39, 0.29) is 0 Å². The highest BCUT2D eigenvalue weighted by molar-refractivity contribution is 5.13. The van der Waals surface area contributed by atoms with E-state index in [0.29, 0.717) is 6.61 Å². The van der Waals surface area contributed by atoms with Gasteiger partial charge in [0.1, 0.15) is 0 Å². The molecule has 0 aromatic heterocycles. The summed E-state index contributed by atoms with van der Waals surface area (Å²) in [4.78, 5) is 0. The summed E-state index contributed by atoms with van der Waals surface area (Å²) in [5, 5.41) is 9.72. The Balaban J connectivity index is 1.96. The first kappa shape index (κ1) is 15.9. The summed E-state index contributed by atoms with van der Waals surface area (Å²) in [6.45, 7) is 4.20. The van der Waals surface area contributed by atoms with Crippen molar-refractivity contribution in [2.75, 3.05) is 0 Å². The maximum atomic E-state index is 9.72. The molecule has 0 radical (unpaired) electrons. The fraction of sp³-hybridized carbons (Fsp3) is 0.529. The quantitative estimate of drug-likeness (QED) is 0.363. The van der Waals surface area contributed by atoms with E-state index in [0.717, 1.165) is 24.8 Å². The average molecular weight is 262 g/mol. The van der Waals surface area contributed by atoms with Crippen molar-refractivity contribution in [2.24, 2.45) is 0 Å². The molecule has 0 bridgehead atoms. The van der Waals surface area contributed by atoms with Crippen LogP contribution in [0.25, 0.3) is 0 Å². The fourth-order valence-corrected chi connectivity index (χ4v) is 1.99. The molecule has 0 saturated heterocycles. The summed E-state index contributed by atoms with van der Waals surface area (Å²) < 4.78 is 5.42. The number of allylic oxidation sites excluding steroid dienone is 1. The van der Waals surface area contributed by atoms with Gasteiger partial charge in [0.15, 0.2) is 6.29 Å².